The van der Waals surface area contributed by atoms with Crippen molar-refractivity contribution in [3.63, 3.8) is 0 Å². The van der Waals surface area contributed by atoms with Crippen molar-refractivity contribution in [1.82, 2.24) is 19.4 Å². The fraction of sp³-hybridized carbons (Fsp3) is 0.429. The standard InChI is InChI=1S/C28H34FN5O/c1-22(23-10-12-24(29)13-11-23)34-21-30-18-26(34)19-31-16-17-33(25-8-4-2-5-9-25)27(20-31)28(35)32-14-6-3-7-15-32/h2,4-5,8-13,18,21-22,27H,3,6-7,14-17,19-20H2,1H3/t22-,27?/m1/s1. The van der Waals surface area contributed by atoms with Crippen LogP contribution in [0.2, 0.25) is 0 Å². The maximum Gasteiger partial charge on any atom is 0.246 e. The van der Waals surface area contributed by atoms with Gasteiger partial charge in [0, 0.05) is 51.2 Å². The van der Waals surface area contributed by atoms with Crippen molar-refractivity contribution < 1.29 is 9.18 Å². The summed E-state index contributed by atoms with van der Waals surface area (Å²) in [5.41, 5.74) is 3.24. The molecule has 6 nitrogen and oxygen atoms in total. The van der Waals surface area contributed by atoms with Gasteiger partial charge in [0.2, 0.25) is 5.91 Å². The first kappa shape index (κ1) is 23.5. The second-order valence-electron chi connectivity index (χ2n) is 9.69. The van der Waals surface area contributed by atoms with E-state index in [1.165, 1.54) is 18.6 Å². The van der Waals surface area contributed by atoms with Crippen molar-refractivity contribution in [3.05, 3.63) is 84.2 Å². The van der Waals surface area contributed by atoms with Crippen LogP contribution in [0.25, 0.3) is 0 Å². The van der Waals surface area contributed by atoms with Crippen LogP contribution >= 0.6 is 0 Å². The van der Waals surface area contributed by atoms with Gasteiger partial charge in [0.05, 0.1) is 18.1 Å². The number of rotatable bonds is 6. The summed E-state index contributed by atoms with van der Waals surface area (Å²) in [6.07, 6.45) is 7.14. The van der Waals surface area contributed by atoms with E-state index in [9.17, 15) is 9.18 Å². The summed E-state index contributed by atoms with van der Waals surface area (Å²) >= 11 is 0. The van der Waals surface area contributed by atoms with Gasteiger partial charge in [-0.1, -0.05) is 30.3 Å². The van der Waals surface area contributed by atoms with Crippen LogP contribution in [0.15, 0.2) is 67.1 Å². The maximum atomic E-state index is 13.7. The smallest absolute Gasteiger partial charge is 0.246 e. The molecule has 3 heterocycles. The van der Waals surface area contributed by atoms with Gasteiger partial charge in [-0.15, -0.1) is 0 Å². The van der Waals surface area contributed by atoms with Gasteiger partial charge in [0.25, 0.3) is 0 Å². The Labute approximate surface area is 207 Å². The second kappa shape index (κ2) is 10.6. The van der Waals surface area contributed by atoms with Gasteiger partial charge < -0.3 is 14.4 Å². The molecule has 2 aromatic carbocycles. The Bertz CT molecular complexity index is 1110. The lowest BCUT2D eigenvalue weighted by atomic mass is 10.1. The number of piperazine rings is 1. The van der Waals surface area contributed by atoms with Crippen LogP contribution in [0.4, 0.5) is 10.1 Å². The number of benzene rings is 2. The number of anilines is 1. The van der Waals surface area contributed by atoms with Crippen molar-refractivity contribution >= 4 is 11.6 Å². The lowest BCUT2D eigenvalue weighted by Gasteiger charge is -2.44. The number of carbonyl (C=O) groups excluding carboxylic acids is 1. The molecule has 0 N–H and O–H groups in total. The number of carbonyl (C=O) groups is 1. The number of hydrogen-bond donors (Lipinski definition) is 0. The van der Waals surface area contributed by atoms with Gasteiger partial charge in [0.15, 0.2) is 0 Å². The van der Waals surface area contributed by atoms with Gasteiger partial charge in [-0.05, 0) is 56.0 Å². The minimum Gasteiger partial charge on any atom is -0.357 e. The topological polar surface area (TPSA) is 44.6 Å². The van der Waals surface area contributed by atoms with E-state index in [-0.39, 0.29) is 23.8 Å². The average Bonchev–Trinajstić information content (AvgIpc) is 3.37. The summed E-state index contributed by atoms with van der Waals surface area (Å²) in [4.78, 5) is 24.8. The van der Waals surface area contributed by atoms with Crippen molar-refractivity contribution in [1.29, 1.82) is 0 Å². The van der Waals surface area contributed by atoms with E-state index in [4.69, 9.17) is 0 Å². The molecule has 2 aliphatic rings. The first-order chi connectivity index (χ1) is 17.1. The zero-order valence-electron chi connectivity index (χ0n) is 20.4. The lowest BCUT2D eigenvalue weighted by molar-refractivity contribution is -0.134. The van der Waals surface area contributed by atoms with E-state index in [1.54, 1.807) is 0 Å². The Morgan fingerprint density at radius 3 is 2.49 bits per heavy atom. The highest BCUT2D eigenvalue weighted by atomic mass is 19.1. The van der Waals surface area contributed by atoms with Crippen molar-refractivity contribution in [3.8, 4) is 0 Å². The summed E-state index contributed by atoms with van der Waals surface area (Å²) in [6.45, 7) is 6.90. The highest BCUT2D eigenvalue weighted by Crippen LogP contribution is 2.25. The molecule has 2 aliphatic heterocycles. The molecular formula is C28H34FN5O. The number of amides is 1. The number of nitrogens with zero attached hydrogens (tertiary/aromatic N) is 5. The number of imidazole rings is 1. The normalized spacial score (nSPS) is 20.1. The minimum absolute atomic E-state index is 0.0458. The summed E-state index contributed by atoms with van der Waals surface area (Å²) < 4.78 is 15.6. The third-order valence-electron chi connectivity index (χ3n) is 7.41. The molecule has 7 heteroatoms. The van der Waals surface area contributed by atoms with Crippen LogP contribution in [0.5, 0.6) is 0 Å². The van der Waals surface area contributed by atoms with Crippen molar-refractivity contribution in [2.75, 3.05) is 37.6 Å². The van der Waals surface area contributed by atoms with Crippen LogP contribution in [0.1, 0.15) is 43.5 Å². The predicted molar refractivity (Wildman–Crippen MR) is 136 cm³/mol. The number of para-hydroxylation sites is 1. The van der Waals surface area contributed by atoms with Crippen LogP contribution in [0, 0.1) is 5.82 Å². The summed E-state index contributed by atoms with van der Waals surface area (Å²) in [5.74, 6) is 0.0129. The van der Waals surface area contributed by atoms with E-state index in [0.717, 1.165) is 62.5 Å². The molecule has 0 aliphatic carbocycles. The molecule has 0 radical (unpaired) electrons. The Morgan fingerprint density at radius 2 is 1.74 bits per heavy atom. The van der Waals surface area contributed by atoms with Gasteiger partial charge in [-0.3, -0.25) is 9.69 Å². The number of halogens is 1. The van der Waals surface area contributed by atoms with Gasteiger partial charge in [-0.25, -0.2) is 9.37 Å². The zero-order valence-corrected chi connectivity index (χ0v) is 20.4. The Balaban J connectivity index is 1.34. The number of hydrogen-bond acceptors (Lipinski definition) is 4. The van der Waals surface area contributed by atoms with Crippen LogP contribution in [-0.4, -0.2) is 64.0 Å². The van der Waals surface area contributed by atoms with E-state index >= 15 is 0 Å². The fourth-order valence-electron chi connectivity index (χ4n) is 5.38. The predicted octanol–water partition coefficient (Wildman–Crippen LogP) is 4.33. The van der Waals surface area contributed by atoms with E-state index in [2.05, 4.69) is 43.3 Å². The number of piperidine rings is 1. The van der Waals surface area contributed by atoms with Crippen LogP contribution in [0.3, 0.4) is 0 Å². The molecule has 0 saturated carbocycles. The number of aromatic nitrogens is 2. The van der Waals surface area contributed by atoms with Crippen LogP contribution < -0.4 is 4.90 Å². The molecule has 5 rings (SSSR count). The Hall–Kier alpha value is -3.19. The molecule has 184 valence electrons. The third-order valence-corrected chi connectivity index (χ3v) is 7.41. The largest absolute Gasteiger partial charge is 0.357 e. The number of likely N-dealkylation sites (tertiary alicyclic amines) is 1. The highest BCUT2D eigenvalue weighted by molar-refractivity contribution is 5.86. The summed E-state index contributed by atoms with van der Waals surface area (Å²) in [5, 5.41) is 0. The third kappa shape index (κ3) is 5.25. The fourth-order valence-corrected chi connectivity index (χ4v) is 5.38. The molecule has 0 bridgehead atoms. The first-order valence-electron chi connectivity index (χ1n) is 12.7. The zero-order chi connectivity index (χ0) is 24.2. The molecular weight excluding hydrogens is 441 g/mol. The molecule has 35 heavy (non-hydrogen) atoms. The molecule has 1 aromatic heterocycles. The van der Waals surface area contributed by atoms with Gasteiger partial charge in [-0.2, -0.15) is 0 Å². The summed E-state index contributed by atoms with van der Waals surface area (Å²) in [7, 11) is 0. The van der Waals surface area contributed by atoms with Gasteiger partial charge in [0.1, 0.15) is 11.9 Å². The van der Waals surface area contributed by atoms with Crippen LogP contribution in [-0.2, 0) is 11.3 Å². The molecule has 2 fully saturated rings. The monoisotopic (exact) mass is 475 g/mol. The van der Waals surface area contributed by atoms with E-state index in [0.29, 0.717) is 6.54 Å². The molecule has 0 spiro atoms. The van der Waals surface area contributed by atoms with E-state index in [1.807, 2.05) is 42.9 Å². The molecule has 3 aromatic rings. The molecule has 1 amide bonds. The van der Waals surface area contributed by atoms with Crippen molar-refractivity contribution in [2.24, 2.45) is 0 Å². The minimum atomic E-state index is -0.229. The average molecular weight is 476 g/mol. The molecule has 2 saturated heterocycles. The maximum absolute atomic E-state index is 13.7. The molecule has 2 atom stereocenters. The Morgan fingerprint density at radius 1 is 1.00 bits per heavy atom. The van der Waals surface area contributed by atoms with Crippen molar-refractivity contribution in [2.45, 2.75) is 44.8 Å². The first-order valence-corrected chi connectivity index (χ1v) is 12.7. The van der Waals surface area contributed by atoms with Gasteiger partial charge >= 0.3 is 0 Å². The Kier molecular flexibility index (Phi) is 7.13. The second-order valence-corrected chi connectivity index (χ2v) is 9.69. The summed E-state index contributed by atoms with van der Waals surface area (Å²) in [6, 6.07) is 16.8. The highest BCUT2D eigenvalue weighted by Gasteiger charge is 2.35. The lowest BCUT2D eigenvalue weighted by Crippen LogP contribution is -2.60. The van der Waals surface area contributed by atoms with E-state index < -0.39 is 0 Å². The quantitative estimate of drug-likeness (QED) is 0.532. The molecule has 1 unspecified atom stereocenters. The SMILES string of the molecule is C[C@H](c1ccc(F)cc1)n1cncc1CN1CCN(c2ccccc2)C(C(=O)N2CCCCC2)C1.